The second kappa shape index (κ2) is 60.2. The molecule has 416 valence electrons. The van der Waals surface area contributed by atoms with Crippen molar-refractivity contribution in [3.05, 3.63) is 36.5 Å². The van der Waals surface area contributed by atoms with Crippen molar-refractivity contribution >= 4 is 17.9 Å². The molecule has 0 saturated heterocycles. The van der Waals surface area contributed by atoms with Crippen LogP contribution in [0.1, 0.15) is 342 Å². The molecule has 0 aromatic rings. The number of ether oxygens (including phenoxy) is 3. The SMILES string of the molecule is CCCCCCC/C=C\C/C=C\CCCCCCCCCCCCCCCC(=O)OCC(COC(=O)CCCCCCC)OC(=O)CCCCCCCCCCCCC/C=C\CCCCCCCCCC. The highest BCUT2D eigenvalue weighted by Gasteiger charge is 2.19. The summed E-state index contributed by atoms with van der Waals surface area (Å²) in [7, 11) is 0. The van der Waals surface area contributed by atoms with E-state index < -0.39 is 6.10 Å². The van der Waals surface area contributed by atoms with Crippen molar-refractivity contribution < 1.29 is 28.6 Å². The van der Waals surface area contributed by atoms with Gasteiger partial charge in [-0.1, -0.05) is 282 Å². The summed E-state index contributed by atoms with van der Waals surface area (Å²) < 4.78 is 16.8. The van der Waals surface area contributed by atoms with Gasteiger partial charge in [0.2, 0.25) is 0 Å². The number of rotatable bonds is 58. The van der Waals surface area contributed by atoms with E-state index in [1.165, 1.54) is 231 Å². The summed E-state index contributed by atoms with van der Waals surface area (Å²) in [6.07, 6.45) is 73.4. The maximum absolute atomic E-state index is 12.8. The molecule has 0 spiro atoms. The number of hydrogen-bond acceptors (Lipinski definition) is 6. The Bertz CT molecular complexity index is 1190. The lowest BCUT2D eigenvalue weighted by molar-refractivity contribution is -0.167. The van der Waals surface area contributed by atoms with Crippen molar-refractivity contribution in [1.29, 1.82) is 0 Å². The van der Waals surface area contributed by atoms with Crippen LogP contribution in [-0.4, -0.2) is 37.2 Å². The van der Waals surface area contributed by atoms with Gasteiger partial charge in [0.25, 0.3) is 0 Å². The van der Waals surface area contributed by atoms with E-state index >= 15 is 0 Å². The van der Waals surface area contributed by atoms with E-state index in [4.69, 9.17) is 14.2 Å². The summed E-state index contributed by atoms with van der Waals surface area (Å²) in [5.74, 6) is -0.867. The molecule has 0 aliphatic rings. The van der Waals surface area contributed by atoms with E-state index in [2.05, 4.69) is 57.2 Å². The van der Waals surface area contributed by atoms with Crippen LogP contribution in [0.15, 0.2) is 36.5 Å². The van der Waals surface area contributed by atoms with Gasteiger partial charge in [-0.2, -0.15) is 0 Å². The highest BCUT2D eigenvalue weighted by molar-refractivity contribution is 5.71. The minimum atomic E-state index is -0.768. The highest BCUT2D eigenvalue weighted by atomic mass is 16.6. The third kappa shape index (κ3) is 58.4. The Kier molecular flexibility index (Phi) is 58.2. The second-order valence-corrected chi connectivity index (χ2v) is 21.3. The fourth-order valence-corrected chi connectivity index (χ4v) is 9.35. The van der Waals surface area contributed by atoms with Crippen molar-refractivity contribution in [2.75, 3.05) is 13.2 Å². The van der Waals surface area contributed by atoms with E-state index in [0.717, 1.165) is 70.6 Å². The smallest absolute Gasteiger partial charge is 0.306 e. The maximum Gasteiger partial charge on any atom is 0.306 e. The van der Waals surface area contributed by atoms with Crippen LogP contribution in [0.2, 0.25) is 0 Å². The molecule has 0 aliphatic heterocycles. The van der Waals surface area contributed by atoms with Gasteiger partial charge < -0.3 is 14.2 Å². The molecule has 0 amide bonds. The number of unbranched alkanes of at least 4 members (excludes halogenated alkanes) is 41. The van der Waals surface area contributed by atoms with Crippen molar-refractivity contribution in [1.82, 2.24) is 0 Å². The van der Waals surface area contributed by atoms with Crippen molar-refractivity contribution in [3.8, 4) is 0 Å². The first-order valence-corrected chi connectivity index (χ1v) is 31.5. The highest BCUT2D eigenvalue weighted by Crippen LogP contribution is 2.17. The van der Waals surface area contributed by atoms with Gasteiger partial charge in [-0.25, -0.2) is 0 Å². The molecule has 0 radical (unpaired) electrons. The van der Waals surface area contributed by atoms with Gasteiger partial charge in [0, 0.05) is 19.3 Å². The lowest BCUT2D eigenvalue weighted by atomic mass is 10.0. The first-order valence-electron chi connectivity index (χ1n) is 31.5. The monoisotopic (exact) mass is 997 g/mol. The minimum absolute atomic E-state index is 0.0698. The van der Waals surface area contributed by atoms with Crippen LogP contribution in [0.4, 0.5) is 0 Å². The van der Waals surface area contributed by atoms with Gasteiger partial charge in [-0.15, -0.1) is 0 Å². The normalized spacial score (nSPS) is 12.2. The molecule has 6 nitrogen and oxygen atoms in total. The number of carbonyl (C=O) groups is 3. The molecule has 71 heavy (non-hydrogen) atoms. The van der Waals surface area contributed by atoms with Gasteiger partial charge in [0.05, 0.1) is 0 Å². The Morgan fingerprint density at radius 1 is 0.282 bits per heavy atom. The molecule has 0 aromatic heterocycles. The lowest BCUT2D eigenvalue weighted by Gasteiger charge is -2.18. The predicted octanol–water partition coefficient (Wildman–Crippen LogP) is 21.2. The Hall–Kier alpha value is -2.37. The van der Waals surface area contributed by atoms with Crippen LogP contribution in [0.25, 0.3) is 0 Å². The quantitative estimate of drug-likeness (QED) is 0.0261. The molecule has 1 atom stereocenters. The third-order valence-electron chi connectivity index (χ3n) is 14.1. The van der Waals surface area contributed by atoms with Crippen LogP contribution in [0, 0.1) is 0 Å². The minimum Gasteiger partial charge on any atom is -0.462 e. The standard InChI is InChI=1S/C65H120O6/c1-4-7-10-13-15-17-19-21-23-25-27-29-31-32-34-35-37-39-41-43-45-47-49-52-55-58-64(67)70-61-62(60-69-63(66)57-54-51-12-9-6-3)71-65(68)59-56-53-50-48-46-44-42-40-38-36-33-30-28-26-24-22-20-18-16-14-11-8-5-2/h19,21,25-28,62H,4-18,20,22-24,29-61H2,1-3H3/b21-19-,27-25-,28-26-. The van der Waals surface area contributed by atoms with E-state index in [1.807, 2.05) is 0 Å². The van der Waals surface area contributed by atoms with E-state index in [9.17, 15) is 14.4 Å². The topological polar surface area (TPSA) is 78.9 Å². The van der Waals surface area contributed by atoms with Gasteiger partial charge in [0.1, 0.15) is 13.2 Å². The maximum atomic E-state index is 12.8. The fourth-order valence-electron chi connectivity index (χ4n) is 9.35. The molecule has 0 aromatic carbocycles. The van der Waals surface area contributed by atoms with Gasteiger partial charge in [0.15, 0.2) is 6.10 Å². The molecule has 0 heterocycles. The molecule has 0 bridgehead atoms. The molecule has 0 fully saturated rings. The summed E-state index contributed by atoms with van der Waals surface area (Å²) in [5.41, 5.74) is 0. The fraction of sp³-hybridized carbons (Fsp3) is 0.862. The van der Waals surface area contributed by atoms with Crippen LogP contribution in [0.3, 0.4) is 0 Å². The summed E-state index contributed by atoms with van der Waals surface area (Å²) in [5, 5.41) is 0. The number of hydrogen-bond donors (Lipinski definition) is 0. The first-order chi connectivity index (χ1) is 35.0. The average Bonchev–Trinajstić information content (AvgIpc) is 3.37. The van der Waals surface area contributed by atoms with E-state index in [1.54, 1.807) is 0 Å². The zero-order valence-corrected chi connectivity index (χ0v) is 47.8. The lowest BCUT2D eigenvalue weighted by Crippen LogP contribution is -2.30. The summed E-state index contributed by atoms with van der Waals surface area (Å²) >= 11 is 0. The van der Waals surface area contributed by atoms with Crippen molar-refractivity contribution in [3.63, 3.8) is 0 Å². The number of allylic oxidation sites excluding steroid dienone is 6. The Labute approximate surface area is 442 Å². The number of carbonyl (C=O) groups excluding carboxylic acids is 3. The summed E-state index contributed by atoms with van der Waals surface area (Å²) in [6, 6.07) is 0. The molecule has 0 rings (SSSR count). The van der Waals surface area contributed by atoms with Gasteiger partial charge in [-0.3, -0.25) is 14.4 Å². The molecular weight excluding hydrogens is 877 g/mol. The van der Waals surface area contributed by atoms with Gasteiger partial charge >= 0.3 is 17.9 Å². The van der Waals surface area contributed by atoms with E-state index in [0.29, 0.717) is 19.3 Å². The van der Waals surface area contributed by atoms with Gasteiger partial charge in [-0.05, 0) is 77.0 Å². The van der Waals surface area contributed by atoms with Crippen molar-refractivity contribution in [2.45, 2.75) is 348 Å². The summed E-state index contributed by atoms with van der Waals surface area (Å²) in [4.78, 5) is 37.9. The van der Waals surface area contributed by atoms with Crippen LogP contribution >= 0.6 is 0 Å². The largest absolute Gasteiger partial charge is 0.462 e. The molecule has 0 N–H and O–H groups in total. The number of esters is 3. The summed E-state index contributed by atoms with van der Waals surface area (Å²) in [6.45, 7) is 6.59. The Morgan fingerprint density at radius 3 is 0.789 bits per heavy atom. The van der Waals surface area contributed by atoms with Crippen molar-refractivity contribution in [2.24, 2.45) is 0 Å². The zero-order valence-electron chi connectivity index (χ0n) is 47.8. The van der Waals surface area contributed by atoms with Crippen LogP contribution in [-0.2, 0) is 28.6 Å². The first kappa shape index (κ1) is 68.6. The zero-order chi connectivity index (χ0) is 51.4. The van der Waals surface area contributed by atoms with Crippen LogP contribution < -0.4 is 0 Å². The average molecular weight is 998 g/mol. The predicted molar refractivity (Wildman–Crippen MR) is 307 cm³/mol. The Balaban J connectivity index is 4.01. The molecular formula is C65H120O6. The second-order valence-electron chi connectivity index (χ2n) is 21.3. The van der Waals surface area contributed by atoms with Crippen LogP contribution in [0.5, 0.6) is 0 Å². The molecule has 0 saturated carbocycles. The Morgan fingerprint density at radius 2 is 0.507 bits per heavy atom. The molecule has 6 heteroatoms. The molecule has 0 aliphatic carbocycles. The van der Waals surface area contributed by atoms with E-state index in [-0.39, 0.29) is 31.1 Å². The third-order valence-corrected chi connectivity index (χ3v) is 14.1. The molecule has 1 unspecified atom stereocenters.